The highest BCUT2D eigenvalue weighted by molar-refractivity contribution is 9.10. The predicted molar refractivity (Wildman–Crippen MR) is 85.7 cm³/mol. The van der Waals surface area contributed by atoms with Crippen LogP contribution in [0, 0.1) is 6.92 Å². The van der Waals surface area contributed by atoms with E-state index < -0.39 is 0 Å². The van der Waals surface area contributed by atoms with Crippen molar-refractivity contribution in [3.8, 4) is 0 Å². The lowest BCUT2D eigenvalue weighted by Crippen LogP contribution is -1.96. The Balaban J connectivity index is 2.16. The highest BCUT2D eigenvalue weighted by Gasteiger charge is 2.10. The van der Waals surface area contributed by atoms with Crippen molar-refractivity contribution < 1.29 is 0 Å². The minimum atomic E-state index is 0.282. The molecule has 0 heterocycles. The van der Waals surface area contributed by atoms with E-state index in [4.69, 9.17) is 11.6 Å². The molecule has 18 heavy (non-hydrogen) atoms. The van der Waals surface area contributed by atoms with Crippen LogP contribution in [0.15, 0.2) is 46.9 Å². The molecule has 0 saturated heterocycles. The summed E-state index contributed by atoms with van der Waals surface area (Å²) in [6, 6.07) is 14.6. The first-order valence-electron chi connectivity index (χ1n) is 5.71. The molecule has 0 bridgehead atoms. The van der Waals surface area contributed by atoms with E-state index in [0.717, 1.165) is 21.5 Å². The van der Waals surface area contributed by atoms with Crippen molar-refractivity contribution in [3.05, 3.63) is 68.7 Å². The summed E-state index contributed by atoms with van der Waals surface area (Å²) in [4.78, 5) is 0.282. The SMILES string of the molecule is Cc1ccc(C(Br)Cc2cccc(Br)c2)cc1Cl. The number of halogens is 3. The van der Waals surface area contributed by atoms with Gasteiger partial charge in [-0.1, -0.05) is 67.7 Å². The molecule has 2 rings (SSSR count). The molecule has 0 spiro atoms. The number of aryl methyl sites for hydroxylation is 1. The van der Waals surface area contributed by atoms with Crippen LogP contribution in [0.1, 0.15) is 21.5 Å². The van der Waals surface area contributed by atoms with Crippen LogP contribution in [0.2, 0.25) is 5.02 Å². The molecule has 0 aromatic heterocycles. The summed E-state index contributed by atoms with van der Waals surface area (Å²) in [7, 11) is 0. The predicted octanol–water partition coefficient (Wildman–Crippen LogP) is 6.09. The van der Waals surface area contributed by atoms with Gasteiger partial charge in [0.2, 0.25) is 0 Å². The second-order valence-corrected chi connectivity index (χ2v) is 6.74. The Hall–Kier alpha value is -0.310. The van der Waals surface area contributed by atoms with Gasteiger partial charge in [-0.15, -0.1) is 0 Å². The fourth-order valence-electron chi connectivity index (χ4n) is 1.79. The minimum absolute atomic E-state index is 0.282. The van der Waals surface area contributed by atoms with Gasteiger partial charge in [0.1, 0.15) is 0 Å². The lowest BCUT2D eigenvalue weighted by molar-refractivity contribution is 0.947. The van der Waals surface area contributed by atoms with Gasteiger partial charge in [0.15, 0.2) is 0 Å². The maximum Gasteiger partial charge on any atom is 0.0438 e. The van der Waals surface area contributed by atoms with Gasteiger partial charge in [0, 0.05) is 14.3 Å². The van der Waals surface area contributed by atoms with E-state index in [0.29, 0.717) is 0 Å². The number of rotatable bonds is 3. The summed E-state index contributed by atoms with van der Waals surface area (Å²) in [6.45, 7) is 2.02. The Morgan fingerprint density at radius 3 is 2.61 bits per heavy atom. The third-order valence-electron chi connectivity index (χ3n) is 2.86. The Morgan fingerprint density at radius 1 is 1.17 bits per heavy atom. The summed E-state index contributed by atoms with van der Waals surface area (Å²) in [6.07, 6.45) is 0.943. The van der Waals surface area contributed by atoms with Crippen molar-refractivity contribution in [2.75, 3.05) is 0 Å². The molecule has 0 saturated carbocycles. The highest BCUT2D eigenvalue weighted by atomic mass is 79.9. The van der Waals surface area contributed by atoms with Crippen LogP contribution < -0.4 is 0 Å². The molecular formula is C15H13Br2Cl. The highest BCUT2D eigenvalue weighted by Crippen LogP contribution is 2.30. The van der Waals surface area contributed by atoms with Gasteiger partial charge in [0.05, 0.1) is 0 Å². The van der Waals surface area contributed by atoms with Crippen LogP contribution in [0.4, 0.5) is 0 Å². The van der Waals surface area contributed by atoms with E-state index in [1.54, 1.807) is 0 Å². The van der Waals surface area contributed by atoms with Gasteiger partial charge in [-0.3, -0.25) is 0 Å². The minimum Gasteiger partial charge on any atom is -0.0840 e. The van der Waals surface area contributed by atoms with Crippen molar-refractivity contribution in [3.63, 3.8) is 0 Å². The van der Waals surface area contributed by atoms with Crippen molar-refractivity contribution in [2.24, 2.45) is 0 Å². The Bertz CT molecular complexity index is 552. The monoisotopic (exact) mass is 386 g/mol. The summed E-state index contributed by atoms with van der Waals surface area (Å²) in [5.74, 6) is 0. The van der Waals surface area contributed by atoms with Crippen molar-refractivity contribution >= 4 is 43.5 Å². The van der Waals surface area contributed by atoms with Gasteiger partial charge in [0.25, 0.3) is 0 Å². The summed E-state index contributed by atoms with van der Waals surface area (Å²) in [5, 5.41) is 0.825. The lowest BCUT2D eigenvalue weighted by atomic mass is 10.0. The standard InChI is InChI=1S/C15H13Br2Cl/c1-10-5-6-12(9-15(10)18)14(17)8-11-3-2-4-13(16)7-11/h2-7,9,14H,8H2,1H3. The Kier molecular flexibility index (Phi) is 4.88. The van der Waals surface area contributed by atoms with Crippen molar-refractivity contribution in [1.82, 2.24) is 0 Å². The number of hydrogen-bond acceptors (Lipinski definition) is 0. The lowest BCUT2D eigenvalue weighted by Gasteiger charge is -2.12. The van der Waals surface area contributed by atoms with Crippen molar-refractivity contribution in [2.45, 2.75) is 18.2 Å². The maximum atomic E-state index is 6.16. The molecule has 0 N–H and O–H groups in total. The van der Waals surface area contributed by atoms with E-state index in [1.807, 2.05) is 19.1 Å². The van der Waals surface area contributed by atoms with E-state index in [-0.39, 0.29) is 4.83 Å². The first-order valence-corrected chi connectivity index (χ1v) is 7.79. The molecule has 0 aliphatic rings. The van der Waals surface area contributed by atoms with Crippen LogP contribution in [0.3, 0.4) is 0 Å². The van der Waals surface area contributed by atoms with Crippen LogP contribution in [0.25, 0.3) is 0 Å². The zero-order valence-corrected chi connectivity index (χ0v) is 13.9. The molecule has 2 aromatic rings. The Morgan fingerprint density at radius 2 is 1.94 bits per heavy atom. The van der Waals surface area contributed by atoms with Gasteiger partial charge in [-0.05, 0) is 48.2 Å². The van der Waals surface area contributed by atoms with Gasteiger partial charge >= 0.3 is 0 Å². The van der Waals surface area contributed by atoms with E-state index in [2.05, 4.69) is 62.2 Å². The molecule has 1 unspecified atom stereocenters. The molecule has 0 radical (unpaired) electrons. The fourth-order valence-corrected chi connectivity index (χ4v) is 3.09. The normalized spacial score (nSPS) is 12.4. The maximum absolute atomic E-state index is 6.16. The molecule has 0 aliphatic carbocycles. The number of benzene rings is 2. The smallest absolute Gasteiger partial charge is 0.0438 e. The molecule has 3 heteroatoms. The number of alkyl halides is 1. The van der Waals surface area contributed by atoms with Gasteiger partial charge in [-0.2, -0.15) is 0 Å². The first-order chi connectivity index (χ1) is 8.56. The second kappa shape index (κ2) is 6.23. The zero-order chi connectivity index (χ0) is 13.1. The molecule has 2 aromatic carbocycles. The molecule has 0 aliphatic heterocycles. The third-order valence-corrected chi connectivity index (χ3v) is 4.61. The molecule has 0 amide bonds. The summed E-state index contributed by atoms with van der Waals surface area (Å²) < 4.78 is 1.11. The molecule has 94 valence electrons. The topological polar surface area (TPSA) is 0 Å². The van der Waals surface area contributed by atoms with Crippen LogP contribution in [0.5, 0.6) is 0 Å². The quantitative estimate of drug-likeness (QED) is 0.558. The van der Waals surface area contributed by atoms with Gasteiger partial charge < -0.3 is 0 Å². The molecular weight excluding hydrogens is 375 g/mol. The second-order valence-electron chi connectivity index (χ2n) is 4.31. The van der Waals surface area contributed by atoms with Gasteiger partial charge in [-0.25, -0.2) is 0 Å². The van der Waals surface area contributed by atoms with Crippen LogP contribution in [-0.2, 0) is 6.42 Å². The zero-order valence-electron chi connectivity index (χ0n) is 9.96. The first kappa shape index (κ1) is 14.1. The van der Waals surface area contributed by atoms with Crippen LogP contribution >= 0.6 is 43.5 Å². The molecule has 0 nitrogen and oxygen atoms in total. The largest absolute Gasteiger partial charge is 0.0840 e. The summed E-state index contributed by atoms with van der Waals surface area (Å²) >= 11 is 13.4. The average molecular weight is 389 g/mol. The number of hydrogen-bond donors (Lipinski definition) is 0. The van der Waals surface area contributed by atoms with Crippen molar-refractivity contribution in [1.29, 1.82) is 0 Å². The summed E-state index contributed by atoms with van der Waals surface area (Å²) in [5.41, 5.74) is 3.62. The molecule has 1 atom stereocenters. The molecule has 0 fully saturated rings. The fraction of sp³-hybridized carbons (Fsp3) is 0.200. The van der Waals surface area contributed by atoms with E-state index >= 15 is 0 Å². The third kappa shape index (κ3) is 3.59. The van der Waals surface area contributed by atoms with E-state index in [1.165, 1.54) is 11.1 Å². The average Bonchev–Trinajstić information content (AvgIpc) is 2.32. The Labute approximate surface area is 130 Å². The van der Waals surface area contributed by atoms with E-state index in [9.17, 15) is 0 Å². The van der Waals surface area contributed by atoms with Crippen LogP contribution in [-0.4, -0.2) is 0 Å².